The van der Waals surface area contributed by atoms with Gasteiger partial charge in [0.15, 0.2) is 0 Å². The highest BCUT2D eigenvalue weighted by Crippen LogP contribution is 2.22. The molecule has 0 saturated carbocycles. The minimum Gasteiger partial charge on any atom is -0.363 e. The first-order valence-electron chi connectivity index (χ1n) is 8.89. The predicted molar refractivity (Wildman–Crippen MR) is 118 cm³/mol. The van der Waals surface area contributed by atoms with E-state index in [4.69, 9.17) is 23.2 Å². The van der Waals surface area contributed by atoms with Crippen LogP contribution in [0.1, 0.15) is 11.1 Å². The summed E-state index contributed by atoms with van der Waals surface area (Å²) in [5.41, 5.74) is 3.18. The molecule has 0 radical (unpaired) electrons. The molecule has 1 amide bonds. The molecule has 3 rings (SSSR count). The van der Waals surface area contributed by atoms with Crippen LogP contribution < -0.4 is 15.8 Å². The second kappa shape index (κ2) is 8.68. The Morgan fingerprint density at radius 2 is 1.72 bits per heavy atom. The predicted octanol–water partition coefficient (Wildman–Crippen LogP) is 4.23. The number of para-hydroxylation sites is 1. The van der Waals surface area contributed by atoms with E-state index in [-0.39, 0.29) is 17.5 Å². The maximum Gasteiger partial charge on any atom is 0.292 e. The molecule has 1 heterocycles. The van der Waals surface area contributed by atoms with Crippen molar-refractivity contribution < 1.29 is 4.79 Å². The Kier molecular flexibility index (Phi) is 6.25. The number of hydrogen-bond donors (Lipinski definition) is 1. The molecule has 0 fully saturated rings. The number of aryl methyl sites for hydroxylation is 2. The quantitative estimate of drug-likeness (QED) is 0.657. The summed E-state index contributed by atoms with van der Waals surface area (Å²) in [5.74, 6) is -0.220. The summed E-state index contributed by atoms with van der Waals surface area (Å²) in [6, 6.07) is 12.5. The molecule has 0 atom stereocenters. The van der Waals surface area contributed by atoms with Crippen LogP contribution in [0.2, 0.25) is 10.0 Å². The minimum absolute atomic E-state index is 0.0135. The SMILES string of the molecule is Cc1cccc(C)c1NC(=O)CN(C)c1cnn(-c2ccc(Cl)cc2)c(=O)c1Cl. The largest absolute Gasteiger partial charge is 0.363 e. The molecule has 0 aliphatic carbocycles. The third kappa shape index (κ3) is 4.60. The Hall–Kier alpha value is -2.83. The fraction of sp³-hybridized carbons (Fsp3) is 0.190. The van der Waals surface area contributed by atoms with Crippen LogP contribution in [0.4, 0.5) is 11.4 Å². The molecule has 1 N–H and O–H groups in total. The smallest absolute Gasteiger partial charge is 0.292 e. The molecule has 6 nitrogen and oxygen atoms in total. The summed E-state index contributed by atoms with van der Waals surface area (Å²) in [6.07, 6.45) is 1.46. The highest BCUT2D eigenvalue weighted by molar-refractivity contribution is 6.33. The lowest BCUT2D eigenvalue weighted by Crippen LogP contribution is -2.32. The van der Waals surface area contributed by atoms with E-state index in [1.165, 1.54) is 10.9 Å². The maximum absolute atomic E-state index is 12.7. The Bertz CT molecular complexity index is 1090. The molecule has 0 saturated heterocycles. The zero-order valence-corrected chi connectivity index (χ0v) is 17.8. The molecule has 8 heteroatoms. The molecule has 0 aliphatic heterocycles. The molecular weight excluding hydrogens is 411 g/mol. The summed E-state index contributed by atoms with van der Waals surface area (Å²) in [6.45, 7) is 3.88. The summed E-state index contributed by atoms with van der Waals surface area (Å²) in [7, 11) is 1.68. The van der Waals surface area contributed by atoms with Gasteiger partial charge >= 0.3 is 0 Å². The lowest BCUT2D eigenvalue weighted by Gasteiger charge is -2.20. The van der Waals surface area contributed by atoms with Crippen LogP contribution in [0.5, 0.6) is 0 Å². The van der Waals surface area contributed by atoms with Gasteiger partial charge < -0.3 is 10.2 Å². The van der Waals surface area contributed by atoms with E-state index in [1.807, 2.05) is 32.0 Å². The Balaban J connectivity index is 1.80. The minimum atomic E-state index is -0.478. The average Bonchev–Trinajstić information content (AvgIpc) is 2.67. The molecule has 0 bridgehead atoms. The molecule has 150 valence electrons. The standard InChI is InChI=1S/C21H20Cl2N4O2/c1-13-5-4-6-14(2)20(13)25-18(28)12-26(3)17-11-24-27(21(29)19(17)23)16-9-7-15(22)8-10-16/h4-11H,12H2,1-3H3,(H,25,28). The first kappa shape index (κ1) is 20.9. The number of rotatable bonds is 5. The van der Waals surface area contributed by atoms with Gasteiger partial charge in [-0.3, -0.25) is 9.59 Å². The molecule has 29 heavy (non-hydrogen) atoms. The Labute approximate surface area is 178 Å². The number of hydrogen-bond acceptors (Lipinski definition) is 4. The van der Waals surface area contributed by atoms with Crippen LogP contribution in [0.25, 0.3) is 5.69 Å². The summed E-state index contributed by atoms with van der Waals surface area (Å²) < 4.78 is 1.19. The van der Waals surface area contributed by atoms with Gasteiger partial charge in [0.1, 0.15) is 5.02 Å². The zero-order chi connectivity index (χ0) is 21.1. The fourth-order valence-corrected chi connectivity index (χ4v) is 3.35. The highest BCUT2D eigenvalue weighted by atomic mass is 35.5. The van der Waals surface area contributed by atoms with Gasteiger partial charge in [-0.15, -0.1) is 0 Å². The van der Waals surface area contributed by atoms with Crippen molar-refractivity contribution in [3.63, 3.8) is 0 Å². The van der Waals surface area contributed by atoms with E-state index in [9.17, 15) is 9.59 Å². The van der Waals surface area contributed by atoms with Crippen molar-refractivity contribution in [3.8, 4) is 5.69 Å². The number of carbonyl (C=O) groups excluding carboxylic acids is 1. The van der Waals surface area contributed by atoms with Crippen molar-refractivity contribution in [2.24, 2.45) is 0 Å². The molecule has 3 aromatic rings. The third-order valence-electron chi connectivity index (χ3n) is 4.51. The second-order valence-electron chi connectivity index (χ2n) is 6.71. The molecule has 2 aromatic carbocycles. The number of amides is 1. The van der Waals surface area contributed by atoms with Gasteiger partial charge in [0.05, 0.1) is 24.1 Å². The third-order valence-corrected chi connectivity index (χ3v) is 5.12. The van der Waals surface area contributed by atoms with E-state index >= 15 is 0 Å². The van der Waals surface area contributed by atoms with Gasteiger partial charge in [-0.05, 0) is 49.2 Å². The lowest BCUT2D eigenvalue weighted by molar-refractivity contribution is -0.114. The molecule has 1 aromatic heterocycles. The monoisotopic (exact) mass is 430 g/mol. The van der Waals surface area contributed by atoms with Crippen molar-refractivity contribution in [3.05, 3.63) is 80.2 Å². The van der Waals surface area contributed by atoms with E-state index in [1.54, 1.807) is 36.2 Å². The van der Waals surface area contributed by atoms with Crippen molar-refractivity contribution in [2.75, 3.05) is 23.8 Å². The van der Waals surface area contributed by atoms with Crippen LogP contribution in [0, 0.1) is 13.8 Å². The van der Waals surface area contributed by atoms with Gasteiger partial charge in [0.25, 0.3) is 5.56 Å². The Morgan fingerprint density at radius 1 is 1.10 bits per heavy atom. The summed E-state index contributed by atoms with van der Waals surface area (Å²) in [4.78, 5) is 26.7. The molecule has 0 unspecified atom stereocenters. The van der Waals surface area contributed by atoms with E-state index in [0.717, 1.165) is 16.8 Å². The van der Waals surface area contributed by atoms with Gasteiger partial charge in [-0.2, -0.15) is 9.78 Å². The lowest BCUT2D eigenvalue weighted by atomic mass is 10.1. The number of halogens is 2. The van der Waals surface area contributed by atoms with Crippen molar-refractivity contribution >= 4 is 40.5 Å². The van der Waals surface area contributed by atoms with Crippen LogP contribution in [0.15, 0.2) is 53.5 Å². The number of likely N-dealkylation sites (N-methyl/N-ethyl adjacent to an activating group) is 1. The zero-order valence-electron chi connectivity index (χ0n) is 16.2. The highest BCUT2D eigenvalue weighted by Gasteiger charge is 2.17. The van der Waals surface area contributed by atoms with Crippen molar-refractivity contribution in [1.82, 2.24) is 9.78 Å². The number of carbonyl (C=O) groups is 1. The van der Waals surface area contributed by atoms with Gasteiger partial charge in [-0.1, -0.05) is 41.4 Å². The van der Waals surface area contributed by atoms with Crippen molar-refractivity contribution in [2.45, 2.75) is 13.8 Å². The number of benzene rings is 2. The number of nitrogens with zero attached hydrogens (tertiary/aromatic N) is 3. The topological polar surface area (TPSA) is 67.2 Å². The van der Waals surface area contributed by atoms with Crippen LogP contribution in [-0.4, -0.2) is 29.3 Å². The van der Waals surface area contributed by atoms with Crippen LogP contribution >= 0.6 is 23.2 Å². The summed E-state index contributed by atoms with van der Waals surface area (Å²) >= 11 is 12.2. The fourth-order valence-electron chi connectivity index (χ4n) is 2.95. The van der Waals surface area contributed by atoms with Gasteiger partial charge in [0.2, 0.25) is 5.91 Å². The maximum atomic E-state index is 12.7. The van der Waals surface area contributed by atoms with Gasteiger partial charge in [-0.25, -0.2) is 0 Å². The molecule has 0 spiro atoms. The number of nitrogens with one attached hydrogen (secondary N) is 1. The Morgan fingerprint density at radius 3 is 2.34 bits per heavy atom. The second-order valence-corrected chi connectivity index (χ2v) is 7.52. The number of anilines is 2. The van der Waals surface area contributed by atoms with Crippen molar-refractivity contribution in [1.29, 1.82) is 0 Å². The van der Waals surface area contributed by atoms with Crippen LogP contribution in [0.3, 0.4) is 0 Å². The first-order valence-corrected chi connectivity index (χ1v) is 9.64. The molecule has 0 aliphatic rings. The number of aromatic nitrogens is 2. The van der Waals surface area contributed by atoms with E-state index in [0.29, 0.717) is 16.4 Å². The average molecular weight is 431 g/mol. The van der Waals surface area contributed by atoms with E-state index in [2.05, 4.69) is 10.4 Å². The van der Waals surface area contributed by atoms with Gasteiger partial charge in [0, 0.05) is 17.8 Å². The van der Waals surface area contributed by atoms with Crippen LogP contribution in [-0.2, 0) is 4.79 Å². The first-order chi connectivity index (χ1) is 13.8. The molecular formula is C21H20Cl2N4O2. The van der Waals surface area contributed by atoms with E-state index < -0.39 is 5.56 Å². The normalized spacial score (nSPS) is 10.7. The summed E-state index contributed by atoms with van der Waals surface area (Å²) in [5, 5.41) is 7.64.